The van der Waals surface area contributed by atoms with Gasteiger partial charge in [0.1, 0.15) is 23.9 Å². The number of carbonyl (C=O) groups excluding carboxylic acids is 1. The van der Waals surface area contributed by atoms with E-state index in [-0.39, 0.29) is 17.6 Å². The van der Waals surface area contributed by atoms with Crippen LogP contribution in [-0.2, 0) is 17.6 Å². The fourth-order valence-corrected chi connectivity index (χ4v) is 5.10. The average molecular weight is 428 g/mol. The molecule has 0 saturated carbocycles. The van der Waals surface area contributed by atoms with E-state index in [1.54, 1.807) is 24.5 Å². The third-order valence-electron chi connectivity index (χ3n) is 5.59. The summed E-state index contributed by atoms with van der Waals surface area (Å²) < 4.78 is 26.2. The second kappa shape index (κ2) is 9.14. The summed E-state index contributed by atoms with van der Waals surface area (Å²) in [6, 6.07) is 10.7. The van der Waals surface area contributed by atoms with Crippen LogP contribution < -0.4 is 9.47 Å². The monoisotopic (exact) mass is 427 g/mol. The SMILES string of the molecule is CCCN(CC(=O)Cc1csc2ccc(F)cc12)C1COc2cccc(OC)c2C1. The van der Waals surface area contributed by atoms with Gasteiger partial charge in [0.15, 0.2) is 5.78 Å². The Hall–Kier alpha value is -2.44. The van der Waals surface area contributed by atoms with Gasteiger partial charge >= 0.3 is 0 Å². The van der Waals surface area contributed by atoms with Gasteiger partial charge in [-0.15, -0.1) is 11.3 Å². The Balaban J connectivity index is 1.48. The summed E-state index contributed by atoms with van der Waals surface area (Å²) in [6.07, 6.45) is 2.06. The molecule has 0 bridgehead atoms. The van der Waals surface area contributed by atoms with E-state index in [0.717, 1.165) is 52.1 Å². The molecule has 30 heavy (non-hydrogen) atoms. The van der Waals surface area contributed by atoms with E-state index in [1.807, 2.05) is 23.6 Å². The summed E-state index contributed by atoms with van der Waals surface area (Å²) in [7, 11) is 1.67. The summed E-state index contributed by atoms with van der Waals surface area (Å²) >= 11 is 1.55. The van der Waals surface area contributed by atoms with Crippen LogP contribution in [0, 0.1) is 5.82 Å². The Kier molecular flexibility index (Phi) is 6.35. The molecule has 1 aliphatic heterocycles. The van der Waals surface area contributed by atoms with Gasteiger partial charge in [0.2, 0.25) is 0 Å². The number of rotatable bonds is 8. The van der Waals surface area contributed by atoms with Crippen molar-refractivity contribution < 1.29 is 18.7 Å². The molecule has 4 nitrogen and oxygen atoms in total. The van der Waals surface area contributed by atoms with Crippen LogP contribution in [0.15, 0.2) is 41.8 Å². The van der Waals surface area contributed by atoms with Crippen molar-refractivity contribution in [1.82, 2.24) is 4.90 Å². The van der Waals surface area contributed by atoms with Crippen molar-refractivity contribution in [1.29, 1.82) is 0 Å². The van der Waals surface area contributed by atoms with Gasteiger partial charge in [-0.05, 0) is 66.0 Å². The van der Waals surface area contributed by atoms with Gasteiger partial charge in [0.25, 0.3) is 0 Å². The molecule has 4 rings (SSSR count). The highest BCUT2D eigenvalue weighted by atomic mass is 32.1. The highest BCUT2D eigenvalue weighted by Gasteiger charge is 2.28. The lowest BCUT2D eigenvalue weighted by Crippen LogP contribution is -2.46. The predicted octanol–water partition coefficient (Wildman–Crippen LogP) is 4.88. The maximum absolute atomic E-state index is 13.7. The Bertz CT molecular complexity index is 1030. The number of halogens is 1. The molecule has 0 radical (unpaired) electrons. The van der Waals surface area contributed by atoms with Crippen LogP contribution in [0.5, 0.6) is 11.5 Å². The van der Waals surface area contributed by atoms with Crippen molar-refractivity contribution in [3.8, 4) is 11.5 Å². The molecule has 0 N–H and O–H groups in total. The molecule has 0 saturated heterocycles. The summed E-state index contributed by atoms with van der Waals surface area (Å²) in [6.45, 7) is 3.85. The minimum Gasteiger partial charge on any atom is -0.496 e. The summed E-state index contributed by atoms with van der Waals surface area (Å²) in [5.74, 6) is 1.55. The number of benzene rings is 2. The van der Waals surface area contributed by atoms with E-state index >= 15 is 0 Å². The van der Waals surface area contributed by atoms with Crippen LogP contribution in [0.1, 0.15) is 24.5 Å². The van der Waals surface area contributed by atoms with E-state index in [9.17, 15) is 9.18 Å². The van der Waals surface area contributed by atoms with Crippen molar-refractivity contribution >= 4 is 27.2 Å². The molecular formula is C24H26FNO3S. The molecule has 0 amide bonds. The molecule has 0 spiro atoms. The Morgan fingerprint density at radius 2 is 2.20 bits per heavy atom. The smallest absolute Gasteiger partial charge is 0.151 e. The highest BCUT2D eigenvalue weighted by Crippen LogP contribution is 2.34. The van der Waals surface area contributed by atoms with E-state index in [0.29, 0.717) is 19.6 Å². The van der Waals surface area contributed by atoms with Crippen LogP contribution in [0.2, 0.25) is 0 Å². The predicted molar refractivity (Wildman–Crippen MR) is 118 cm³/mol. The highest BCUT2D eigenvalue weighted by molar-refractivity contribution is 7.17. The first-order valence-corrected chi connectivity index (χ1v) is 11.2. The molecule has 1 aliphatic rings. The number of nitrogens with zero attached hydrogens (tertiary/aromatic N) is 1. The van der Waals surface area contributed by atoms with Crippen molar-refractivity contribution in [2.24, 2.45) is 0 Å². The molecule has 3 aromatic rings. The first kappa shape index (κ1) is 20.8. The lowest BCUT2D eigenvalue weighted by atomic mass is 9.99. The third kappa shape index (κ3) is 4.35. The molecule has 1 unspecified atom stereocenters. The first-order valence-electron chi connectivity index (χ1n) is 10.3. The average Bonchev–Trinajstić information content (AvgIpc) is 3.14. The molecule has 2 heterocycles. The van der Waals surface area contributed by atoms with Crippen LogP contribution in [0.25, 0.3) is 10.1 Å². The normalized spacial score (nSPS) is 15.8. The zero-order chi connectivity index (χ0) is 21.1. The first-order chi connectivity index (χ1) is 14.6. The fourth-order valence-electron chi connectivity index (χ4n) is 4.15. The third-order valence-corrected chi connectivity index (χ3v) is 6.60. The van der Waals surface area contributed by atoms with Gasteiger partial charge in [-0.25, -0.2) is 4.39 Å². The minimum absolute atomic E-state index is 0.120. The zero-order valence-electron chi connectivity index (χ0n) is 17.3. The van der Waals surface area contributed by atoms with E-state index in [2.05, 4.69) is 11.8 Å². The lowest BCUT2D eigenvalue weighted by Gasteiger charge is -2.35. The molecule has 2 aromatic carbocycles. The largest absolute Gasteiger partial charge is 0.496 e. The number of fused-ring (bicyclic) bond motifs is 2. The number of carbonyl (C=O) groups is 1. The van der Waals surface area contributed by atoms with E-state index in [1.165, 1.54) is 12.1 Å². The molecule has 0 aliphatic carbocycles. The molecule has 1 aromatic heterocycles. The second-order valence-electron chi connectivity index (χ2n) is 7.69. The van der Waals surface area contributed by atoms with Crippen molar-refractivity contribution in [3.63, 3.8) is 0 Å². The van der Waals surface area contributed by atoms with Gasteiger partial charge in [-0.3, -0.25) is 9.69 Å². The quantitative estimate of drug-likeness (QED) is 0.514. The molecule has 0 fully saturated rings. The molecule has 6 heteroatoms. The van der Waals surface area contributed by atoms with E-state index in [4.69, 9.17) is 9.47 Å². The van der Waals surface area contributed by atoms with Gasteiger partial charge < -0.3 is 9.47 Å². The van der Waals surface area contributed by atoms with Crippen LogP contribution in [0.4, 0.5) is 4.39 Å². The van der Waals surface area contributed by atoms with Gasteiger partial charge in [0, 0.05) is 22.7 Å². The Morgan fingerprint density at radius 1 is 1.33 bits per heavy atom. The van der Waals surface area contributed by atoms with Crippen LogP contribution >= 0.6 is 11.3 Å². The number of hydrogen-bond acceptors (Lipinski definition) is 5. The number of Topliss-reactive ketones (excluding diaryl/α,β-unsaturated/α-hetero) is 1. The molecular weight excluding hydrogens is 401 g/mol. The zero-order valence-corrected chi connectivity index (χ0v) is 18.1. The van der Waals surface area contributed by atoms with Crippen molar-refractivity contribution in [3.05, 3.63) is 58.7 Å². The standard InChI is InChI=1S/C24H26FNO3S/c1-3-9-26(18-12-21-22(28-2)5-4-6-23(21)29-14-18)13-19(27)10-16-15-30-24-8-7-17(25)11-20(16)24/h4-8,11,15,18H,3,9-10,12-14H2,1-2H3. The Morgan fingerprint density at radius 3 is 3.00 bits per heavy atom. The minimum atomic E-state index is -0.269. The summed E-state index contributed by atoms with van der Waals surface area (Å²) in [5, 5.41) is 2.81. The number of ether oxygens (including phenoxy) is 2. The summed E-state index contributed by atoms with van der Waals surface area (Å²) in [4.78, 5) is 15.2. The van der Waals surface area contributed by atoms with Crippen molar-refractivity contribution in [2.45, 2.75) is 32.2 Å². The van der Waals surface area contributed by atoms with Crippen LogP contribution in [-0.4, -0.2) is 43.5 Å². The molecule has 1 atom stereocenters. The van der Waals surface area contributed by atoms with Gasteiger partial charge in [-0.2, -0.15) is 0 Å². The number of hydrogen-bond donors (Lipinski definition) is 0. The maximum atomic E-state index is 13.7. The second-order valence-corrected chi connectivity index (χ2v) is 8.60. The topological polar surface area (TPSA) is 38.8 Å². The number of methoxy groups -OCH3 is 1. The number of ketones is 1. The molecule has 158 valence electrons. The van der Waals surface area contributed by atoms with Gasteiger partial charge in [0.05, 0.1) is 13.7 Å². The maximum Gasteiger partial charge on any atom is 0.151 e. The lowest BCUT2D eigenvalue weighted by molar-refractivity contribution is -0.120. The number of thiophene rings is 1. The van der Waals surface area contributed by atoms with E-state index < -0.39 is 0 Å². The van der Waals surface area contributed by atoms with Crippen molar-refractivity contribution in [2.75, 3.05) is 26.8 Å². The van der Waals surface area contributed by atoms with Crippen LogP contribution in [0.3, 0.4) is 0 Å². The van der Waals surface area contributed by atoms with Gasteiger partial charge in [-0.1, -0.05) is 13.0 Å². The Labute approximate surface area is 180 Å². The summed E-state index contributed by atoms with van der Waals surface area (Å²) in [5.41, 5.74) is 1.96. The fraction of sp³-hybridized carbons (Fsp3) is 0.375.